The lowest BCUT2D eigenvalue weighted by Gasteiger charge is -2.13. The summed E-state index contributed by atoms with van der Waals surface area (Å²) in [6.07, 6.45) is 0.403. The van der Waals surface area contributed by atoms with Crippen LogP contribution in [0.4, 0.5) is 5.69 Å². The predicted molar refractivity (Wildman–Crippen MR) is 89.6 cm³/mol. The molecule has 0 fully saturated rings. The smallest absolute Gasteiger partial charge is 0.221 e. The summed E-state index contributed by atoms with van der Waals surface area (Å²) in [6.45, 7) is 4.75. The van der Waals surface area contributed by atoms with E-state index in [0.29, 0.717) is 13.0 Å². The first-order valence-corrected chi connectivity index (χ1v) is 6.97. The summed E-state index contributed by atoms with van der Waals surface area (Å²) in [5.74, 6) is 5.34. The van der Waals surface area contributed by atoms with Crippen LogP contribution in [-0.4, -0.2) is 13.5 Å². The van der Waals surface area contributed by atoms with Gasteiger partial charge in [0.05, 0.1) is 5.69 Å². The molecule has 118 valence electrons. The van der Waals surface area contributed by atoms with Crippen LogP contribution >= 0.6 is 0 Å². The second kappa shape index (κ2) is 9.41. The SMILES string of the molecule is CNc1cccc(C)c1OCc1ccc(C)cc1.NNC=O. The number of nitrogens with one attached hydrogen (secondary N) is 2. The van der Waals surface area contributed by atoms with E-state index >= 15 is 0 Å². The number of hydrogen-bond donors (Lipinski definition) is 3. The second-order valence-electron chi connectivity index (χ2n) is 4.76. The molecular weight excluding hydrogens is 278 g/mol. The molecule has 0 aliphatic carbocycles. The number of rotatable bonds is 5. The van der Waals surface area contributed by atoms with Crippen molar-refractivity contribution >= 4 is 12.1 Å². The molecule has 0 heterocycles. The lowest BCUT2D eigenvalue weighted by molar-refractivity contribution is -0.109. The molecule has 0 atom stereocenters. The molecule has 0 saturated heterocycles. The highest BCUT2D eigenvalue weighted by atomic mass is 16.5. The Morgan fingerprint density at radius 3 is 2.32 bits per heavy atom. The van der Waals surface area contributed by atoms with Crippen LogP contribution in [0.25, 0.3) is 0 Å². The van der Waals surface area contributed by atoms with Crippen molar-refractivity contribution < 1.29 is 9.53 Å². The Morgan fingerprint density at radius 2 is 1.77 bits per heavy atom. The van der Waals surface area contributed by atoms with Crippen LogP contribution in [-0.2, 0) is 11.4 Å². The summed E-state index contributed by atoms with van der Waals surface area (Å²) in [7, 11) is 1.91. The Balaban J connectivity index is 0.000000541. The van der Waals surface area contributed by atoms with Crippen LogP contribution in [0.15, 0.2) is 42.5 Å². The zero-order valence-electron chi connectivity index (χ0n) is 13.2. The maximum atomic E-state index is 8.94. The molecule has 0 aromatic heterocycles. The number of amides is 1. The van der Waals surface area contributed by atoms with Crippen molar-refractivity contribution in [2.75, 3.05) is 12.4 Å². The van der Waals surface area contributed by atoms with Gasteiger partial charge in [-0.05, 0) is 31.0 Å². The molecular formula is C17H23N3O2. The van der Waals surface area contributed by atoms with Crippen LogP contribution in [0.5, 0.6) is 5.75 Å². The van der Waals surface area contributed by atoms with Crippen LogP contribution in [0.3, 0.4) is 0 Å². The molecule has 0 spiro atoms. The van der Waals surface area contributed by atoms with Gasteiger partial charge in [-0.2, -0.15) is 0 Å². The van der Waals surface area contributed by atoms with Gasteiger partial charge in [0, 0.05) is 7.05 Å². The average molecular weight is 301 g/mol. The third-order valence-corrected chi connectivity index (χ3v) is 3.05. The highest BCUT2D eigenvalue weighted by molar-refractivity contribution is 5.59. The van der Waals surface area contributed by atoms with Gasteiger partial charge >= 0.3 is 0 Å². The maximum absolute atomic E-state index is 8.94. The number of carbonyl (C=O) groups excluding carboxylic acids is 1. The lowest BCUT2D eigenvalue weighted by atomic mass is 10.1. The zero-order chi connectivity index (χ0) is 16.4. The van der Waals surface area contributed by atoms with Crippen molar-refractivity contribution in [2.45, 2.75) is 20.5 Å². The van der Waals surface area contributed by atoms with E-state index in [9.17, 15) is 0 Å². The minimum atomic E-state index is 0.403. The van der Waals surface area contributed by atoms with Crippen molar-refractivity contribution in [3.8, 4) is 5.75 Å². The van der Waals surface area contributed by atoms with E-state index in [2.05, 4.69) is 55.3 Å². The highest BCUT2D eigenvalue weighted by Gasteiger charge is 2.05. The second-order valence-corrected chi connectivity index (χ2v) is 4.76. The van der Waals surface area contributed by atoms with Gasteiger partial charge in [-0.15, -0.1) is 0 Å². The van der Waals surface area contributed by atoms with E-state index in [1.165, 1.54) is 11.1 Å². The van der Waals surface area contributed by atoms with E-state index < -0.39 is 0 Å². The molecule has 1 amide bonds. The van der Waals surface area contributed by atoms with Crippen LogP contribution in [0, 0.1) is 13.8 Å². The van der Waals surface area contributed by atoms with E-state index in [4.69, 9.17) is 9.53 Å². The van der Waals surface area contributed by atoms with Crippen molar-refractivity contribution in [1.29, 1.82) is 0 Å². The number of ether oxygens (including phenoxy) is 1. The topological polar surface area (TPSA) is 76.4 Å². The number of hydrazine groups is 1. The first-order chi connectivity index (χ1) is 10.6. The van der Waals surface area contributed by atoms with Crippen molar-refractivity contribution in [3.05, 3.63) is 59.2 Å². The number of aryl methyl sites for hydroxylation is 2. The lowest BCUT2D eigenvalue weighted by Crippen LogP contribution is -2.18. The molecule has 2 rings (SSSR count). The fraction of sp³-hybridized carbons (Fsp3) is 0.235. The Kier molecular flexibility index (Phi) is 7.50. The summed E-state index contributed by atoms with van der Waals surface area (Å²) in [5.41, 5.74) is 6.38. The standard InChI is InChI=1S/C16H19NO.CH4N2O/c1-12-7-9-14(10-8-12)11-18-16-13(2)5-4-6-15(16)17-3;2-3-1-4/h4-10,17H,11H2,1-3H3;1H,2H2,(H,3,4). The first kappa shape index (κ1) is 17.5. The summed E-state index contributed by atoms with van der Waals surface area (Å²) in [6, 6.07) is 14.5. The first-order valence-electron chi connectivity index (χ1n) is 6.97. The molecule has 2 aromatic carbocycles. The van der Waals surface area contributed by atoms with Crippen molar-refractivity contribution in [3.63, 3.8) is 0 Å². The molecule has 22 heavy (non-hydrogen) atoms. The number of hydrogen-bond acceptors (Lipinski definition) is 4. The monoisotopic (exact) mass is 301 g/mol. The molecule has 5 nitrogen and oxygen atoms in total. The highest BCUT2D eigenvalue weighted by Crippen LogP contribution is 2.28. The van der Waals surface area contributed by atoms with Crippen molar-refractivity contribution in [1.82, 2.24) is 5.43 Å². The van der Waals surface area contributed by atoms with Crippen LogP contribution < -0.4 is 21.3 Å². The van der Waals surface area contributed by atoms with Crippen LogP contribution in [0.2, 0.25) is 0 Å². The third-order valence-electron chi connectivity index (χ3n) is 3.05. The number of carbonyl (C=O) groups is 1. The minimum Gasteiger partial charge on any atom is -0.486 e. The Morgan fingerprint density at radius 1 is 1.14 bits per heavy atom. The molecule has 5 heteroatoms. The van der Waals surface area contributed by atoms with Gasteiger partial charge in [-0.3, -0.25) is 10.2 Å². The number of benzene rings is 2. The van der Waals surface area contributed by atoms with E-state index in [0.717, 1.165) is 17.0 Å². The van der Waals surface area contributed by atoms with Gasteiger partial charge < -0.3 is 10.1 Å². The van der Waals surface area contributed by atoms with Gasteiger partial charge in [-0.1, -0.05) is 42.0 Å². The third kappa shape index (κ3) is 5.46. The molecule has 0 unspecified atom stereocenters. The maximum Gasteiger partial charge on any atom is 0.221 e. The normalized spacial score (nSPS) is 9.27. The molecule has 0 saturated carbocycles. The molecule has 2 aromatic rings. The van der Waals surface area contributed by atoms with Crippen LogP contribution in [0.1, 0.15) is 16.7 Å². The zero-order valence-corrected chi connectivity index (χ0v) is 13.2. The fourth-order valence-corrected chi connectivity index (χ4v) is 1.88. The van der Waals surface area contributed by atoms with E-state index in [1.54, 1.807) is 5.43 Å². The Labute approximate surface area is 131 Å². The Hall–Kier alpha value is -2.53. The number of para-hydroxylation sites is 1. The number of anilines is 1. The minimum absolute atomic E-state index is 0.403. The summed E-state index contributed by atoms with van der Waals surface area (Å²) < 4.78 is 5.92. The molecule has 0 bridgehead atoms. The van der Waals surface area contributed by atoms with Crippen molar-refractivity contribution in [2.24, 2.45) is 5.84 Å². The summed E-state index contributed by atoms with van der Waals surface area (Å²) >= 11 is 0. The molecule has 0 aliphatic heterocycles. The van der Waals surface area contributed by atoms with Gasteiger partial charge in [-0.25, -0.2) is 5.84 Å². The Bertz CT molecular complexity index is 583. The van der Waals surface area contributed by atoms with E-state index in [1.807, 2.05) is 19.2 Å². The average Bonchev–Trinajstić information content (AvgIpc) is 2.55. The molecule has 4 N–H and O–H groups in total. The molecule has 0 radical (unpaired) electrons. The van der Waals surface area contributed by atoms with Gasteiger partial charge in [0.2, 0.25) is 6.41 Å². The van der Waals surface area contributed by atoms with E-state index in [-0.39, 0.29) is 0 Å². The summed E-state index contributed by atoms with van der Waals surface area (Å²) in [4.78, 5) is 8.94. The quantitative estimate of drug-likeness (QED) is 0.343. The van der Waals surface area contributed by atoms with Gasteiger partial charge in [0.15, 0.2) is 0 Å². The van der Waals surface area contributed by atoms with Gasteiger partial charge in [0.25, 0.3) is 0 Å². The predicted octanol–water partition coefficient (Wildman–Crippen LogP) is 2.53. The largest absolute Gasteiger partial charge is 0.486 e. The fourth-order valence-electron chi connectivity index (χ4n) is 1.88. The molecule has 0 aliphatic rings. The number of nitrogens with two attached hydrogens (primary N) is 1. The summed E-state index contributed by atoms with van der Waals surface area (Å²) in [5, 5.41) is 3.16. The van der Waals surface area contributed by atoms with Gasteiger partial charge in [0.1, 0.15) is 12.4 Å².